The number of halogens is 1. The predicted molar refractivity (Wildman–Crippen MR) is 124 cm³/mol. The Hall–Kier alpha value is -0.800. The zero-order chi connectivity index (χ0) is 17.7. The Morgan fingerprint density at radius 1 is 1.23 bits per heavy atom. The minimum Gasteiger partial charge on any atom is -0.356 e. The Balaban J connectivity index is 0.00000243. The molecular formula is C19H27IN4S2. The molecule has 1 fully saturated rings. The summed E-state index contributed by atoms with van der Waals surface area (Å²) in [4.78, 5) is 11.6. The van der Waals surface area contributed by atoms with E-state index in [1.165, 1.54) is 27.6 Å². The molecule has 0 radical (unpaired) electrons. The van der Waals surface area contributed by atoms with Crippen LogP contribution in [0.25, 0.3) is 0 Å². The van der Waals surface area contributed by atoms with E-state index in [9.17, 15) is 0 Å². The number of rotatable bonds is 7. The van der Waals surface area contributed by atoms with Gasteiger partial charge in [0.15, 0.2) is 5.96 Å². The number of hydrogen-bond acceptors (Lipinski definition) is 4. The summed E-state index contributed by atoms with van der Waals surface area (Å²) in [6, 6.07) is 10.7. The second-order valence-electron chi connectivity index (χ2n) is 6.45. The zero-order valence-electron chi connectivity index (χ0n) is 15.5. The highest BCUT2D eigenvalue weighted by Crippen LogP contribution is 2.51. The maximum Gasteiger partial charge on any atom is 0.191 e. The molecule has 0 saturated heterocycles. The van der Waals surface area contributed by atoms with Crippen LogP contribution in [0.5, 0.6) is 0 Å². The summed E-state index contributed by atoms with van der Waals surface area (Å²) in [6.45, 7) is 6.00. The van der Waals surface area contributed by atoms with Crippen molar-refractivity contribution in [2.75, 3.05) is 20.1 Å². The van der Waals surface area contributed by atoms with E-state index in [4.69, 9.17) is 0 Å². The van der Waals surface area contributed by atoms with Crippen molar-refractivity contribution in [2.45, 2.75) is 42.8 Å². The SMILES string of the molecule is CN=C(NCCc1nc(C)c(C)s1)NCC1(Sc2ccccc2)CC1.I. The van der Waals surface area contributed by atoms with Gasteiger partial charge in [-0.2, -0.15) is 0 Å². The van der Waals surface area contributed by atoms with Crippen molar-refractivity contribution in [1.29, 1.82) is 0 Å². The van der Waals surface area contributed by atoms with Crippen LogP contribution in [-0.2, 0) is 6.42 Å². The van der Waals surface area contributed by atoms with Crippen LogP contribution in [-0.4, -0.2) is 35.8 Å². The van der Waals surface area contributed by atoms with Crippen LogP contribution in [0.2, 0.25) is 0 Å². The molecule has 2 N–H and O–H groups in total. The molecule has 2 aromatic rings. The van der Waals surface area contributed by atoms with E-state index in [-0.39, 0.29) is 24.0 Å². The summed E-state index contributed by atoms with van der Waals surface area (Å²) < 4.78 is 0.322. The van der Waals surface area contributed by atoms with Gasteiger partial charge < -0.3 is 10.6 Å². The van der Waals surface area contributed by atoms with Crippen LogP contribution in [0, 0.1) is 13.8 Å². The van der Waals surface area contributed by atoms with Gasteiger partial charge in [0.1, 0.15) is 0 Å². The number of aromatic nitrogens is 1. The van der Waals surface area contributed by atoms with Crippen molar-refractivity contribution >= 4 is 53.0 Å². The molecule has 1 aliphatic rings. The minimum absolute atomic E-state index is 0. The van der Waals surface area contributed by atoms with Crippen LogP contribution in [0.15, 0.2) is 40.2 Å². The molecule has 0 unspecified atom stereocenters. The first-order valence-corrected chi connectivity index (χ1v) is 10.3. The summed E-state index contributed by atoms with van der Waals surface area (Å²) >= 11 is 3.77. The topological polar surface area (TPSA) is 49.3 Å². The van der Waals surface area contributed by atoms with Crippen molar-refractivity contribution in [3.05, 3.63) is 45.9 Å². The highest BCUT2D eigenvalue weighted by Gasteiger charge is 2.43. The Kier molecular flexibility index (Phi) is 8.22. The van der Waals surface area contributed by atoms with E-state index in [1.807, 2.05) is 18.8 Å². The number of nitrogens with one attached hydrogen (secondary N) is 2. The molecule has 0 amide bonds. The molecule has 0 bridgehead atoms. The van der Waals surface area contributed by atoms with Crippen LogP contribution in [0.4, 0.5) is 0 Å². The first-order chi connectivity index (χ1) is 12.1. The van der Waals surface area contributed by atoms with Gasteiger partial charge in [-0.3, -0.25) is 4.99 Å². The number of thioether (sulfide) groups is 1. The lowest BCUT2D eigenvalue weighted by Crippen LogP contribution is -2.41. The van der Waals surface area contributed by atoms with E-state index in [1.54, 1.807) is 11.3 Å². The predicted octanol–water partition coefficient (Wildman–Crippen LogP) is 4.41. The zero-order valence-corrected chi connectivity index (χ0v) is 19.5. The van der Waals surface area contributed by atoms with Gasteiger partial charge in [-0.1, -0.05) is 18.2 Å². The molecule has 1 saturated carbocycles. The third kappa shape index (κ3) is 6.13. The quantitative estimate of drug-likeness (QED) is 0.335. The fraction of sp³-hybridized carbons (Fsp3) is 0.474. The Labute approximate surface area is 181 Å². The fourth-order valence-corrected chi connectivity index (χ4v) is 4.77. The van der Waals surface area contributed by atoms with Crippen molar-refractivity contribution < 1.29 is 0 Å². The van der Waals surface area contributed by atoms with Gasteiger partial charge in [0.05, 0.1) is 10.7 Å². The Morgan fingerprint density at radius 2 is 1.96 bits per heavy atom. The van der Waals surface area contributed by atoms with Crippen molar-refractivity contribution in [2.24, 2.45) is 4.99 Å². The second kappa shape index (κ2) is 9.94. The summed E-state index contributed by atoms with van der Waals surface area (Å²) in [5.74, 6) is 0.880. The molecule has 142 valence electrons. The second-order valence-corrected chi connectivity index (χ2v) is 9.28. The van der Waals surface area contributed by atoms with E-state index in [0.29, 0.717) is 4.75 Å². The molecule has 0 aliphatic heterocycles. The molecule has 7 heteroatoms. The van der Waals surface area contributed by atoms with Gasteiger partial charge >= 0.3 is 0 Å². The number of nitrogens with zero attached hydrogens (tertiary/aromatic N) is 2. The molecule has 0 spiro atoms. The minimum atomic E-state index is 0. The largest absolute Gasteiger partial charge is 0.356 e. The van der Waals surface area contributed by atoms with Crippen molar-refractivity contribution in [1.82, 2.24) is 15.6 Å². The van der Waals surface area contributed by atoms with Gasteiger partial charge in [0, 0.05) is 41.1 Å². The van der Waals surface area contributed by atoms with Gasteiger partial charge in [-0.25, -0.2) is 4.98 Å². The third-order valence-corrected chi connectivity index (χ3v) is 7.02. The molecule has 1 heterocycles. The van der Waals surface area contributed by atoms with E-state index in [0.717, 1.165) is 31.2 Å². The standard InChI is InChI=1S/C19H26N4S2.HI/c1-14-15(2)24-17(23-14)9-12-21-18(20-3)22-13-19(10-11-19)25-16-7-5-4-6-8-16;/h4-8H,9-13H2,1-3H3,(H2,20,21,22);1H. The number of guanidine groups is 1. The summed E-state index contributed by atoms with van der Waals surface area (Å²) in [5, 5.41) is 8.09. The molecule has 3 rings (SSSR count). The third-order valence-electron chi connectivity index (χ3n) is 4.39. The summed E-state index contributed by atoms with van der Waals surface area (Å²) in [5.41, 5.74) is 1.15. The lowest BCUT2D eigenvalue weighted by Gasteiger charge is -2.18. The summed E-state index contributed by atoms with van der Waals surface area (Å²) in [7, 11) is 1.83. The lowest BCUT2D eigenvalue weighted by molar-refractivity contribution is 0.759. The number of benzene rings is 1. The van der Waals surface area contributed by atoms with E-state index in [2.05, 4.69) is 64.8 Å². The first-order valence-electron chi connectivity index (χ1n) is 8.72. The van der Waals surface area contributed by atoms with Crippen molar-refractivity contribution in [3.63, 3.8) is 0 Å². The van der Waals surface area contributed by atoms with Crippen LogP contribution in [0.3, 0.4) is 0 Å². The maximum absolute atomic E-state index is 4.59. The first kappa shape index (κ1) is 21.5. The van der Waals surface area contributed by atoms with Gasteiger partial charge in [-0.05, 0) is 38.8 Å². The monoisotopic (exact) mass is 502 g/mol. The molecule has 4 nitrogen and oxygen atoms in total. The molecule has 26 heavy (non-hydrogen) atoms. The number of thiazole rings is 1. The highest BCUT2D eigenvalue weighted by atomic mass is 127. The van der Waals surface area contributed by atoms with Crippen LogP contribution < -0.4 is 10.6 Å². The van der Waals surface area contributed by atoms with Crippen LogP contribution >= 0.6 is 47.1 Å². The number of aryl methyl sites for hydroxylation is 2. The average Bonchev–Trinajstić information content (AvgIpc) is 3.30. The number of hydrogen-bond donors (Lipinski definition) is 2. The molecule has 1 aromatic heterocycles. The summed E-state index contributed by atoms with van der Waals surface area (Å²) in [6.07, 6.45) is 3.45. The highest BCUT2D eigenvalue weighted by molar-refractivity contribution is 14.0. The van der Waals surface area contributed by atoms with Gasteiger partial charge in [-0.15, -0.1) is 47.1 Å². The van der Waals surface area contributed by atoms with E-state index >= 15 is 0 Å². The fourth-order valence-electron chi connectivity index (χ4n) is 2.59. The molecule has 1 aliphatic carbocycles. The smallest absolute Gasteiger partial charge is 0.191 e. The normalized spacial score (nSPS) is 15.3. The Morgan fingerprint density at radius 3 is 2.54 bits per heavy atom. The Bertz CT molecular complexity index is 707. The molecule has 1 aromatic carbocycles. The van der Waals surface area contributed by atoms with Crippen molar-refractivity contribution in [3.8, 4) is 0 Å². The van der Waals surface area contributed by atoms with Gasteiger partial charge in [0.25, 0.3) is 0 Å². The molecule has 0 atom stereocenters. The maximum atomic E-state index is 4.59. The van der Waals surface area contributed by atoms with Crippen LogP contribution in [0.1, 0.15) is 28.4 Å². The number of aliphatic imine (C=N–C) groups is 1. The lowest BCUT2D eigenvalue weighted by atomic mass is 10.4. The molecular weight excluding hydrogens is 475 g/mol. The average molecular weight is 502 g/mol. The van der Waals surface area contributed by atoms with E-state index < -0.39 is 0 Å². The van der Waals surface area contributed by atoms with Gasteiger partial charge in [0.2, 0.25) is 0 Å².